The van der Waals surface area contributed by atoms with Gasteiger partial charge in [0.2, 0.25) is 0 Å². The summed E-state index contributed by atoms with van der Waals surface area (Å²) in [6, 6.07) is 12.3. The van der Waals surface area contributed by atoms with Crippen molar-refractivity contribution in [3.05, 3.63) is 30.3 Å². The van der Waals surface area contributed by atoms with E-state index in [1.807, 2.05) is 39.0 Å². The minimum absolute atomic E-state index is 0.649. The predicted octanol–water partition coefficient (Wildman–Crippen LogP) is 6.65. The first kappa shape index (κ1) is 33.4. The third-order valence-electron chi connectivity index (χ3n) is 5.31. The van der Waals surface area contributed by atoms with Crippen LogP contribution in [0.3, 0.4) is 0 Å². The van der Waals surface area contributed by atoms with Gasteiger partial charge in [0.25, 0.3) is 0 Å². The fourth-order valence-corrected chi connectivity index (χ4v) is 9.80. The first-order valence-electron chi connectivity index (χ1n) is 12.1. The maximum absolute atomic E-state index is 5.77. The molecule has 0 aliphatic carbocycles. The zero-order valence-electron chi connectivity index (χ0n) is 21.5. The van der Waals surface area contributed by atoms with E-state index in [4.69, 9.17) is 22.1 Å². The summed E-state index contributed by atoms with van der Waals surface area (Å²) in [6.07, 6.45) is 4.65. The highest BCUT2D eigenvalue weighted by molar-refractivity contribution is 9.09. The molecule has 1 unspecified atom stereocenters. The van der Waals surface area contributed by atoms with Crippen molar-refractivity contribution in [2.45, 2.75) is 65.5 Å². The predicted molar refractivity (Wildman–Crippen MR) is 151 cm³/mol. The van der Waals surface area contributed by atoms with Gasteiger partial charge in [0.15, 0.2) is 0 Å². The van der Waals surface area contributed by atoms with Crippen molar-refractivity contribution < 1.29 is 22.1 Å². The Morgan fingerprint density at radius 1 is 0.788 bits per heavy atom. The molecule has 0 saturated carbocycles. The average molecular weight is 631 g/mol. The summed E-state index contributed by atoms with van der Waals surface area (Å²) in [7, 11) is -1.05. The number of hydrogen-bond donors (Lipinski definition) is 0. The van der Waals surface area contributed by atoms with Crippen LogP contribution in [-0.4, -0.2) is 62.1 Å². The number of benzene rings is 1. The maximum atomic E-state index is 5.77. The Kier molecular flexibility index (Phi) is 20.8. The molecule has 1 atom stereocenters. The van der Waals surface area contributed by atoms with E-state index < -0.39 is 17.4 Å². The van der Waals surface area contributed by atoms with Crippen molar-refractivity contribution >= 4 is 54.4 Å². The lowest BCUT2D eigenvalue weighted by Gasteiger charge is -2.28. The zero-order valence-corrected chi connectivity index (χ0v) is 26.7. The lowest BCUT2D eigenvalue weighted by Crippen LogP contribution is -2.52. The first-order valence-corrected chi connectivity index (χ1v) is 18.3. The van der Waals surface area contributed by atoms with Gasteiger partial charge in [0, 0.05) is 50.7 Å². The van der Waals surface area contributed by atoms with Crippen LogP contribution in [-0.2, 0) is 22.1 Å². The van der Waals surface area contributed by atoms with E-state index in [2.05, 4.69) is 50.9 Å². The summed E-state index contributed by atoms with van der Waals surface area (Å²) < 4.78 is 28.9. The monoisotopic (exact) mass is 628 g/mol. The molecule has 0 bridgehead atoms. The molecule has 9 heteroatoms. The van der Waals surface area contributed by atoms with E-state index in [1.54, 1.807) is 14.2 Å². The van der Waals surface area contributed by atoms with Gasteiger partial charge in [-0.15, -0.1) is 0 Å². The van der Waals surface area contributed by atoms with Crippen LogP contribution >= 0.6 is 31.9 Å². The molecule has 0 amide bonds. The SMILES string of the molecule is CCO[Si](CCCCCBr)(OCC)OCC.CO[Si](CCC(C)CBr)(OC)c1ccccc1. The molecule has 194 valence electrons. The van der Waals surface area contributed by atoms with Gasteiger partial charge in [-0.3, -0.25) is 0 Å². The number of alkyl halides is 2. The van der Waals surface area contributed by atoms with Gasteiger partial charge in [0.1, 0.15) is 0 Å². The average Bonchev–Trinajstić information content (AvgIpc) is 2.84. The fraction of sp³-hybridized carbons (Fsp3) is 0.750. The third-order valence-corrected chi connectivity index (χ3v) is 13.6. The molecular weight excluding hydrogens is 584 g/mol. The van der Waals surface area contributed by atoms with Gasteiger partial charge < -0.3 is 22.1 Å². The van der Waals surface area contributed by atoms with Crippen molar-refractivity contribution in [1.29, 1.82) is 0 Å². The minimum atomic E-state index is -2.36. The molecule has 0 saturated heterocycles. The van der Waals surface area contributed by atoms with Crippen molar-refractivity contribution in [1.82, 2.24) is 0 Å². The van der Waals surface area contributed by atoms with Gasteiger partial charge in [-0.05, 0) is 57.2 Å². The highest BCUT2D eigenvalue weighted by atomic mass is 79.9. The summed E-state index contributed by atoms with van der Waals surface area (Å²) in [5, 5.41) is 3.31. The highest BCUT2D eigenvalue weighted by Crippen LogP contribution is 2.21. The highest BCUT2D eigenvalue weighted by Gasteiger charge is 2.39. The molecule has 1 rings (SSSR count). The van der Waals surface area contributed by atoms with E-state index in [0.717, 1.165) is 35.6 Å². The Balaban J connectivity index is 0.000000622. The van der Waals surface area contributed by atoms with E-state index >= 15 is 0 Å². The molecular formula is C24H46Br2O5Si2. The Morgan fingerprint density at radius 3 is 1.76 bits per heavy atom. The number of halogens is 2. The second kappa shape index (κ2) is 20.6. The maximum Gasteiger partial charge on any atom is 0.500 e. The Hall–Kier alpha value is 0.414. The lowest BCUT2D eigenvalue weighted by molar-refractivity contribution is 0.0707. The Bertz CT molecular complexity index is 548. The molecule has 0 heterocycles. The summed E-state index contributed by atoms with van der Waals surface area (Å²) in [5.74, 6) is 0.649. The molecule has 0 fully saturated rings. The van der Waals surface area contributed by atoms with E-state index in [-0.39, 0.29) is 0 Å². The van der Waals surface area contributed by atoms with Gasteiger partial charge in [-0.1, -0.05) is 75.5 Å². The van der Waals surface area contributed by atoms with Crippen molar-refractivity contribution in [2.75, 3.05) is 44.7 Å². The van der Waals surface area contributed by atoms with Crippen LogP contribution in [0.5, 0.6) is 0 Å². The molecule has 1 aromatic rings. The van der Waals surface area contributed by atoms with Crippen LogP contribution in [0.4, 0.5) is 0 Å². The van der Waals surface area contributed by atoms with Gasteiger partial charge >= 0.3 is 17.4 Å². The summed E-state index contributed by atoms with van der Waals surface area (Å²) in [5.41, 5.74) is 0. The minimum Gasteiger partial charge on any atom is -0.394 e. The molecule has 0 aliphatic rings. The Morgan fingerprint density at radius 2 is 1.33 bits per heavy atom. The first-order chi connectivity index (χ1) is 15.9. The topological polar surface area (TPSA) is 46.2 Å². The molecule has 1 aromatic carbocycles. The summed E-state index contributed by atoms with van der Waals surface area (Å²) >= 11 is 6.96. The van der Waals surface area contributed by atoms with Crippen LogP contribution < -0.4 is 5.19 Å². The van der Waals surface area contributed by atoms with Crippen LogP contribution in [0.25, 0.3) is 0 Å². The molecule has 0 N–H and O–H groups in total. The van der Waals surface area contributed by atoms with Crippen LogP contribution in [0.15, 0.2) is 30.3 Å². The lowest BCUT2D eigenvalue weighted by atomic mass is 10.2. The zero-order chi connectivity index (χ0) is 25.0. The summed E-state index contributed by atoms with van der Waals surface area (Å²) in [4.78, 5) is 0. The second-order valence-corrected chi connectivity index (χ2v) is 15.4. The number of hydrogen-bond acceptors (Lipinski definition) is 5. The number of rotatable bonds is 18. The van der Waals surface area contributed by atoms with Gasteiger partial charge in [0.05, 0.1) is 0 Å². The number of unbranched alkanes of at least 4 members (excludes halogenated alkanes) is 2. The fourth-order valence-electron chi connectivity index (χ4n) is 3.49. The normalized spacial score (nSPS) is 12.8. The molecule has 0 aromatic heterocycles. The smallest absolute Gasteiger partial charge is 0.394 e. The quantitative estimate of drug-likeness (QED) is 0.103. The van der Waals surface area contributed by atoms with E-state index in [9.17, 15) is 0 Å². The van der Waals surface area contributed by atoms with Gasteiger partial charge in [-0.2, -0.15) is 0 Å². The standard InChI is InChI=1S/C13H21BrO2Si.C11H25BrO3Si/c1-12(11-14)9-10-17(15-2,16-3)13-7-5-4-6-8-13;1-4-13-16(14-5-2,15-6-3)11-9-7-8-10-12/h4-8,12H,9-11H2,1-3H3;4-11H2,1-3H3. The van der Waals surface area contributed by atoms with Crippen molar-refractivity contribution in [3.8, 4) is 0 Å². The second-order valence-electron chi connectivity index (χ2n) is 7.81. The van der Waals surface area contributed by atoms with E-state index in [1.165, 1.54) is 18.0 Å². The van der Waals surface area contributed by atoms with Gasteiger partial charge in [-0.25, -0.2) is 0 Å². The Labute approximate surface area is 222 Å². The molecule has 0 radical (unpaired) electrons. The van der Waals surface area contributed by atoms with Crippen molar-refractivity contribution in [2.24, 2.45) is 5.92 Å². The van der Waals surface area contributed by atoms with Crippen molar-refractivity contribution in [3.63, 3.8) is 0 Å². The molecule has 5 nitrogen and oxygen atoms in total. The molecule has 0 spiro atoms. The van der Waals surface area contributed by atoms with Crippen LogP contribution in [0.2, 0.25) is 12.1 Å². The van der Waals surface area contributed by atoms with Crippen LogP contribution in [0.1, 0.15) is 53.4 Å². The summed E-state index contributed by atoms with van der Waals surface area (Å²) in [6.45, 7) is 10.2. The molecule has 33 heavy (non-hydrogen) atoms. The van der Waals surface area contributed by atoms with Crippen LogP contribution in [0, 0.1) is 5.92 Å². The third kappa shape index (κ3) is 13.3. The largest absolute Gasteiger partial charge is 0.500 e. The van der Waals surface area contributed by atoms with E-state index in [0.29, 0.717) is 25.7 Å². The molecule has 0 aliphatic heterocycles.